The van der Waals surface area contributed by atoms with E-state index in [1.807, 2.05) is 19.1 Å². The molecule has 0 spiro atoms. The largest absolute Gasteiger partial charge is 0.348 e. The third-order valence-corrected chi connectivity index (χ3v) is 3.67. The SMILES string of the molecule is CC(C)c1ccc(CC(=O)NC(C)c2cnc(Cl)cn2)cc1. The molecule has 1 atom stereocenters. The van der Waals surface area contributed by atoms with Crippen LogP contribution in [0.3, 0.4) is 0 Å². The van der Waals surface area contributed by atoms with Crippen LogP contribution in [0.15, 0.2) is 36.7 Å². The van der Waals surface area contributed by atoms with Crippen molar-refractivity contribution < 1.29 is 4.79 Å². The van der Waals surface area contributed by atoms with E-state index in [4.69, 9.17) is 11.6 Å². The molecule has 1 heterocycles. The van der Waals surface area contributed by atoms with Crippen molar-refractivity contribution in [1.82, 2.24) is 15.3 Å². The molecule has 1 aromatic heterocycles. The first-order chi connectivity index (χ1) is 10.5. The molecular weight excluding hydrogens is 298 g/mol. The van der Waals surface area contributed by atoms with Gasteiger partial charge in [-0.1, -0.05) is 49.7 Å². The first-order valence-electron chi connectivity index (χ1n) is 7.31. The minimum Gasteiger partial charge on any atom is -0.348 e. The number of nitrogens with one attached hydrogen (secondary N) is 1. The van der Waals surface area contributed by atoms with Gasteiger partial charge in [0.1, 0.15) is 5.15 Å². The van der Waals surface area contributed by atoms with Gasteiger partial charge in [-0.25, -0.2) is 4.98 Å². The Balaban J connectivity index is 1.93. The number of rotatable bonds is 5. The molecular formula is C17H20ClN3O. The fraction of sp³-hybridized carbons (Fsp3) is 0.353. The maximum atomic E-state index is 12.1. The predicted molar refractivity (Wildman–Crippen MR) is 87.8 cm³/mol. The summed E-state index contributed by atoms with van der Waals surface area (Å²) in [6.45, 7) is 6.17. The average molecular weight is 318 g/mol. The Morgan fingerprint density at radius 1 is 1.14 bits per heavy atom. The number of hydrogen-bond donors (Lipinski definition) is 1. The van der Waals surface area contributed by atoms with Crippen LogP contribution in [0.25, 0.3) is 0 Å². The highest BCUT2D eigenvalue weighted by molar-refractivity contribution is 6.29. The van der Waals surface area contributed by atoms with Crippen molar-refractivity contribution in [2.75, 3.05) is 0 Å². The van der Waals surface area contributed by atoms with Gasteiger partial charge in [0.25, 0.3) is 0 Å². The number of benzene rings is 1. The van der Waals surface area contributed by atoms with Crippen molar-refractivity contribution >= 4 is 17.5 Å². The molecule has 5 heteroatoms. The standard InChI is InChI=1S/C17H20ClN3O/c1-11(2)14-6-4-13(5-7-14)8-17(22)21-12(3)15-9-20-16(18)10-19-15/h4-7,9-12H,8H2,1-3H3,(H,21,22). The van der Waals surface area contributed by atoms with Crippen molar-refractivity contribution in [2.24, 2.45) is 0 Å². The molecule has 0 saturated carbocycles. The molecule has 0 aliphatic carbocycles. The molecule has 0 fully saturated rings. The maximum Gasteiger partial charge on any atom is 0.224 e. The van der Waals surface area contributed by atoms with Crippen LogP contribution in [0.5, 0.6) is 0 Å². The van der Waals surface area contributed by atoms with E-state index in [0.717, 1.165) is 5.56 Å². The van der Waals surface area contributed by atoms with Crippen molar-refractivity contribution in [3.05, 3.63) is 58.6 Å². The summed E-state index contributed by atoms with van der Waals surface area (Å²) < 4.78 is 0. The molecule has 4 nitrogen and oxygen atoms in total. The summed E-state index contributed by atoms with van der Waals surface area (Å²) in [5.74, 6) is 0.452. The van der Waals surface area contributed by atoms with E-state index in [2.05, 4.69) is 41.3 Å². The molecule has 0 saturated heterocycles. The molecule has 2 rings (SSSR count). The molecule has 22 heavy (non-hydrogen) atoms. The Kier molecular flexibility index (Phi) is 5.50. The maximum absolute atomic E-state index is 12.1. The van der Waals surface area contributed by atoms with Gasteiger partial charge in [-0.3, -0.25) is 9.78 Å². The van der Waals surface area contributed by atoms with Crippen LogP contribution in [0.1, 0.15) is 49.6 Å². The van der Waals surface area contributed by atoms with E-state index >= 15 is 0 Å². The fourth-order valence-corrected chi connectivity index (χ4v) is 2.22. The van der Waals surface area contributed by atoms with E-state index in [0.29, 0.717) is 23.2 Å². The van der Waals surface area contributed by atoms with E-state index in [9.17, 15) is 4.79 Å². The second-order valence-electron chi connectivity index (χ2n) is 5.63. The zero-order valence-corrected chi connectivity index (χ0v) is 13.8. The topological polar surface area (TPSA) is 54.9 Å². The Labute approximate surface area is 135 Å². The minimum atomic E-state index is -0.202. The van der Waals surface area contributed by atoms with Crippen LogP contribution < -0.4 is 5.32 Å². The first-order valence-corrected chi connectivity index (χ1v) is 7.69. The Bertz CT molecular complexity index is 623. The Hall–Kier alpha value is -1.94. The van der Waals surface area contributed by atoms with Gasteiger partial charge in [-0.15, -0.1) is 0 Å². The second-order valence-corrected chi connectivity index (χ2v) is 6.01. The molecule has 1 N–H and O–H groups in total. The smallest absolute Gasteiger partial charge is 0.224 e. The number of halogens is 1. The van der Waals surface area contributed by atoms with Gasteiger partial charge in [-0.05, 0) is 24.0 Å². The van der Waals surface area contributed by atoms with Crippen LogP contribution in [0, 0.1) is 0 Å². The van der Waals surface area contributed by atoms with E-state index in [1.165, 1.54) is 11.8 Å². The summed E-state index contributed by atoms with van der Waals surface area (Å²) >= 11 is 5.70. The quantitative estimate of drug-likeness (QED) is 0.915. The third kappa shape index (κ3) is 4.53. The number of nitrogens with zero attached hydrogens (tertiary/aromatic N) is 2. The van der Waals surface area contributed by atoms with Gasteiger partial charge in [0.05, 0.1) is 30.6 Å². The lowest BCUT2D eigenvalue weighted by molar-refractivity contribution is -0.121. The fourth-order valence-electron chi connectivity index (χ4n) is 2.12. The lowest BCUT2D eigenvalue weighted by atomic mass is 10.0. The van der Waals surface area contributed by atoms with Gasteiger partial charge < -0.3 is 5.32 Å². The highest BCUT2D eigenvalue weighted by atomic mass is 35.5. The zero-order valence-electron chi connectivity index (χ0n) is 13.0. The van der Waals surface area contributed by atoms with Gasteiger partial charge in [0.2, 0.25) is 5.91 Å². The van der Waals surface area contributed by atoms with E-state index in [-0.39, 0.29) is 11.9 Å². The van der Waals surface area contributed by atoms with Crippen LogP contribution in [0.4, 0.5) is 0 Å². The Morgan fingerprint density at radius 2 is 1.82 bits per heavy atom. The van der Waals surface area contributed by atoms with Crippen molar-refractivity contribution in [1.29, 1.82) is 0 Å². The molecule has 2 aromatic rings. The minimum absolute atomic E-state index is 0.0402. The number of aromatic nitrogens is 2. The Morgan fingerprint density at radius 3 is 2.36 bits per heavy atom. The van der Waals surface area contributed by atoms with Crippen molar-refractivity contribution in [3.8, 4) is 0 Å². The number of carbonyl (C=O) groups is 1. The molecule has 0 aliphatic heterocycles. The zero-order chi connectivity index (χ0) is 16.1. The predicted octanol–water partition coefficient (Wildman–Crippen LogP) is 3.67. The summed E-state index contributed by atoms with van der Waals surface area (Å²) in [6.07, 6.45) is 3.40. The van der Waals surface area contributed by atoms with Gasteiger partial charge >= 0.3 is 0 Å². The highest BCUT2D eigenvalue weighted by Gasteiger charge is 2.12. The summed E-state index contributed by atoms with van der Waals surface area (Å²) in [5.41, 5.74) is 2.96. The lowest BCUT2D eigenvalue weighted by Crippen LogP contribution is -2.28. The molecule has 116 valence electrons. The summed E-state index contributed by atoms with van der Waals surface area (Å²) in [7, 11) is 0. The van der Waals surface area contributed by atoms with Crippen LogP contribution >= 0.6 is 11.6 Å². The van der Waals surface area contributed by atoms with Gasteiger partial charge in [-0.2, -0.15) is 0 Å². The van der Waals surface area contributed by atoms with Crippen LogP contribution in [-0.2, 0) is 11.2 Å². The van der Waals surface area contributed by atoms with Crippen molar-refractivity contribution in [2.45, 2.75) is 39.2 Å². The molecule has 0 radical (unpaired) electrons. The molecule has 1 aromatic carbocycles. The van der Waals surface area contributed by atoms with Crippen LogP contribution in [-0.4, -0.2) is 15.9 Å². The summed E-state index contributed by atoms with van der Waals surface area (Å²) in [6, 6.07) is 7.94. The van der Waals surface area contributed by atoms with Gasteiger partial charge in [0.15, 0.2) is 0 Å². The van der Waals surface area contributed by atoms with E-state index in [1.54, 1.807) is 6.20 Å². The lowest BCUT2D eigenvalue weighted by Gasteiger charge is -2.13. The highest BCUT2D eigenvalue weighted by Crippen LogP contribution is 2.15. The first kappa shape index (κ1) is 16.4. The molecule has 1 amide bonds. The molecule has 1 unspecified atom stereocenters. The monoisotopic (exact) mass is 317 g/mol. The third-order valence-electron chi connectivity index (χ3n) is 3.47. The normalized spacial score (nSPS) is 12.2. The average Bonchev–Trinajstić information content (AvgIpc) is 2.48. The second kappa shape index (κ2) is 7.36. The molecule has 0 bridgehead atoms. The summed E-state index contributed by atoms with van der Waals surface area (Å²) in [5, 5.41) is 3.26. The number of amides is 1. The van der Waals surface area contributed by atoms with E-state index < -0.39 is 0 Å². The summed E-state index contributed by atoms with van der Waals surface area (Å²) in [4.78, 5) is 20.2. The number of hydrogen-bond acceptors (Lipinski definition) is 3. The van der Waals surface area contributed by atoms with Crippen LogP contribution in [0.2, 0.25) is 5.15 Å². The van der Waals surface area contributed by atoms with Gasteiger partial charge in [0, 0.05) is 0 Å². The number of carbonyl (C=O) groups excluding carboxylic acids is 1. The molecule has 0 aliphatic rings. The van der Waals surface area contributed by atoms with Crippen molar-refractivity contribution in [3.63, 3.8) is 0 Å².